The Hall–Kier alpha value is -3.84. The zero-order chi connectivity index (χ0) is 40.6. The fraction of sp³-hybridized carbons (Fsp3) is 0.488. The molecule has 0 spiro atoms. The van der Waals surface area contributed by atoms with Gasteiger partial charge < -0.3 is 31.9 Å². The number of carbonyl (C=O) groups excluding carboxylic acids is 4. The predicted molar refractivity (Wildman–Crippen MR) is 230 cm³/mol. The second-order valence-electron chi connectivity index (χ2n) is 13.4. The van der Waals surface area contributed by atoms with E-state index in [2.05, 4.69) is 83.6 Å². The first-order valence-electron chi connectivity index (χ1n) is 19.2. The summed E-state index contributed by atoms with van der Waals surface area (Å²) in [7, 11) is 2.51. The van der Waals surface area contributed by atoms with Gasteiger partial charge in [-0.15, -0.1) is 0 Å². The van der Waals surface area contributed by atoms with Gasteiger partial charge in [0.15, 0.2) is 0 Å². The second kappa shape index (κ2) is 31.4. The molecule has 0 aliphatic heterocycles. The number of amides is 4. The Kier molecular flexibility index (Phi) is 28.1. The van der Waals surface area contributed by atoms with Crippen LogP contribution in [0.4, 0.5) is 0 Å². The number of allylic oxidation sites excluding steroid dienone is 12. The van der Waals surface area contributed by atoms with E-state index in [1.54, 1.807) is 13.8 Å². The van der Waals surface area contributed by atoms with E-state index in [1.807, 2.05) is 42.5 Å². The molecule has 0 aromatic heterocycles. The molecule has 1 aromatic carbocycles. The third kappa shape index (κ3) is 25.0. The molecular weight excluding hydrogens is 733 g/mol. The fourth-order valence-corrected chi connectivity index (χ4v) is 7.77. The summed E-state index contributed by atoms with van der Waals surface area (Å²) in [6.45, 7) is 4.74. The molecule has 55 heavy (non-hydrogen) atoms. The van der Waals surface area contributed by atoms with Gasteiger partial charge in [-0.3, -0.25) is 19.2 Å². The van der Waals surface area contributed by atoms with Crippen molar-refractivity contribution in [2.75, 3.05) is 19.0 Å². The minimum absolute atomic E-state index is 0.143. The number of hydrogen-bond donors (Lipinski definition) is 6. The summed E-state index contributed by atoms with van der Waals surface area (Å²) in [5.74, 6) is -1.70. The van der Waals surface area contributed by atoms with Gasteiger partial charge in [0.1, 0.15) is 12.1 Å². The minimum atomic E-state index is -1.03. The summed E-state index contributed by atoms with van der Waals surface area (Å²) in [4.78, 5) is 51.1. The van der Waals surface area contributed by atoms with Gasteiger partial charge >= 0.3 is 0 Å². The number of rotatable bonds is 30. The summed E-state index contributed by atoms with van der Waals surface area (Å²) in [5.41, 5.74) is 6.71. The lowest BCUT2D eigenvalue weighted by atomic mass is 10.0. The van der Waals surface area contributed by atoms with Gasteiger partial charge in [-0.1, -0.05) is 132 Å². The minimum Gasteiger partial charge on any atom is -0.394 e. The van der Waals surface area contributed by atoms with E-state index in [0.717, 1.165) is 44.1 Å². The lowest BCUT2D eigenvalue weighted by molar-refractivity contribution is -0.130. The molecule has 0 bridgehead atoms. The molecule has 12 heteroatoms. The van der Waals surface area contributed by atoms with Crippen molar-refractivity contribution in [3.8, 4) is 0 Å². The lowest BCUT2D eigenvalue weighted by Gasteiger charge is -2.34. The maximum absolute atomic E-state index is 13.3. The van der Waals surface area contributed by atoms with E-state index in [4.69, 9.17) is 5.73 Å². The molecule has 0 saturated carbocycles. The first-order valence-corrected chi connectivity index (χ1v) is 21.5. The van der Waals surface area contributed by atoms with Crippen molar-refractivity contribution in [1.29, 1.82) is 0 Å². The quantitative estimate of drug-likeness (QED) is 0.0375. The van der Waals surface area contributed by atoms with Crippen LogP contribution in [0.2, 0.25) is 0 Å². The molecule has 0 heterocycles. The van der Waals surface area contributed by atoms with Gasteiger partial charge in [-0.2, -0.15) is 0 Å². The molecular formula is C43H64N4O6S2. The molecule has 0 fully saturated rings. The Labute approximate surface area is 337 Å². The van der Waals surface area contributed by atoms with Crippen LogP contribution in [0.15, 0.2) is 103 Å². The number of aliphatic hydroxyl groups is 2. The van der Waals surface area contributed by atoms with Crippen LogP contribution in [0.3, 0.4) is 0 Å². The summed E-state index contributed by atoms with van der Waals surface area (Å²) in [6.07, 6.45) is 33.2. The molecule has 1 aromatic rings. The van der Waals surface area contributed by atoms with Crippen molar-refractivity contribution in [3.63, 3.8) is 0 Å². The van der Waals surface area contributed by atoms with E-state index >= 15 is 0 Å². The number of primary amides is 1. The van der Waals surface area contributed by atoms with Gasteiger partial charge in [0.2, 0.25) is 23.6 Å². The average Bonchev–Trinajstić information content (AvgIpc) is 3.16. The predicted octanol–water partition coefficient (Wildman–Crippen LogP) is 6.57. The smallest absolute Gasteiger partial charge is 0.244 e. The van der Waals surface area contributed by atoms with E-state index < -0.39 is 47.9 Å². The van der Waals surface area contributed by atoms with Crippen LogP contribution in [0.5, 0.6) is 0 Å². The Balaban J connectivity index is 2.51. The van der Waals surface area contributed by atoms with E-state index in [0.29, 0.717) is 19.3 Å². The van der Waals surface area contributed by atoms with Gasteiger partial charge in [-0.05, 0) is 77.2 Å². The highest BCUT2D eigenvalue weighted by atomic mass is 33.1. The van der Waals surface area contributed by atoms with Crippen molar-refractivity contribution in [1.82, 2.24) is 16.0 Å². The highest BCUT2D eigenvalue weighted by Crippen LogP contribution is 2.38. The standard InChI is InChI=1S/C43H64N4O6S2/c1-4-5-6-7-8-9-10-11-12-13-14-15-16-17-18-19-20-21-25-30-38(50)46-37(41(44)52)34-54-55-43(2,3)40(42(53)45-36(32-48)33-49)47-39(51)31-26-29-35-27-23-22-24-28-35/h5-6,8-9,11-12,14-15,17-18,20-24,27-28,36-37,40,48-49H,4,7,10,13,16,19,25-26,29-34H2,1-3H3,(H2,44,52)(H,45,53)(H,46,50)(H,47,51)/b6-5-,9-8-,12-11-,15-14-,18-17-,21-20-/t37-,40+/m0/s1. The summed E-state index contributed by atoms with van der Waals surface area (Å²) in [6, 6.07) is 6.94. The average molecular weight is 797 g/mol. The number of benzene rings is 1. The van der Waals surface area contributed by atoms with Crippen LogP contribution in [0.1, 0.15) is 90.5 Å². The maximum atomic E-state index is 13.3. The Bertz CT molecular complexity index is 1420. The van der Waals surface area contributed by atoms with E-state index in [-0.39, 0.29) is 30.4 Å². The third-order valence-corrected chi connectivity index (χ3v) is 11.4. The van der Waals surface area contributed by atoms with Crippen LogP contribution in [0, 0.1) is 0 Å². The number of aryl methyl sites for hydroxylation is 1. The van der Waals surface area contributed by atoms with Gasteiger partial charge in [-0.25, -0.2) is 0 Å². The summed E-state index contributed by atoms with van der Waals surface area (Å²) < 4.78 is -0.901. The van der Waals surface area contributed by atoms with Gasteiger partial charge in [0.05, 0.1) is 19.3 Å². The third-order valence-electron chi connectivity index (χ3n) is 8.08. The molecule has 2 atom stereocenters. The SMILES string of the molecule is CC/C=C\C/C=C\C/C=C\C/C=C\C/C=C\C/C=C\CCC(=O)N[C@@H](CSSC(C)(C)[C@H](NC(=O)CCCc1ccccc1)C(=O)NC(CO)CO)C(N)=O. The highest BCUT2D eigenvalue weighted by Gasteiger charge is 2.38. The fourth-order valence-electron chi connectivity index (χ4n) is 4.94. The number of hydrogen-bond acceptors (Lipinski definition) is 8. The Morgan fingerprint density at radius 3 is 1.75 bits per heavy atom. The molecule has 0 aliphatic carbocycles. The van der Waals surface area contributed by atoms with Crippen molar-refractivity contribution < 1.29 is 29.4 Å². The van der Waals surface area contributed by atoms with Crippen molar-refractivity contribution in [2.24, 2.45) is 5.73 Å². The van der Waals surface area contributed by atoms with E-state index in [9.17, 15) is 29.4 Å². The van der Waals surface area contributed by atoms with Crippen LogP contribution in [0.25, 0.3) is 0 Å². The maximum Gasteiger partial charge on any atom is 0.244 e. The zero-order valence-corrected chi connectivity index (χ0v) is 34.5. The van der Waals surface area contributed by atoms with Gasteiger partial charge in [0, 0.05) is 23.3 Å². The van der Waals surface area contributed by atoms with E-state index in [1.165, 1.54) is 21.6 Å². The largest absolute Gasteiger partial charge is 0.394 e. The molecule has 0 aliphatic rings. The molecule has 0 saturated heterocycles. The summed E-state index contributed by atoms with van der Waals surface area (Å²) >= 11 is 0. The highest BCUT2D eigenvalue weighted by molar-refractivity contribution is 8.77. The molecule has 1 rings (SSSR count). The van der Waals surface area contributed by atoms with Crippen LogP contribution in [-0.4, -0.2) is 75.7 Å². The number of aliphatic hydroxyl groups excluding tert-OH is 2. The van der Waals surface area contributed by atoms with Crippen molar-refractivity contribution >= 4 is 45.2 Å². The molecule has 10 nitrogen and oxygen atoms in total. The number of nitrogens with two attached hydrogens (primary N) is 1. The monoisotopic (exact) mass is 796 g/mol. The van der Waals surface area contributed by atoms with Crippen LogP contribution < -0.4 is 21.7 Å². The molecule has 0 radical (unpaired) electrons. The lowest BCUT2D eigenvalue weighted by Crippen LogP contribution is -2.58. The number of carbonyl (C=O) groups is 4. The molecule has 4 amide bonds. The molecule has 7 N–H and O–H groups in total. The Morgan fingerprint density at radius 1 is 0.727 bits per heavy atom. The van der Waals surface area contributed by atoms with Crippen molar-refractivity contribution in [3.05, 3.63) is 109 Å². The topological polar surface area (TPSA) is 171 Å². The van der Waals surface area contributed by atoms with Crippen molar-refractivity contribution in [2.45, 2.75) is 114 Å². The first-order chi connectivity index (χ1) is 26.5. The first kappa shape index (κ1) is 49.2. The van der Waals surface area contributed by atoms with Crippen LogP contribution >= 0.6 is 21.6 Å². The summed E-state index contributed by atoms with van der Waals surface area (Å²) in [5, 5.41) is 27.1. The zero-order valence-electron chi connectivity index (χ0n) is 32.9. The molecule has 304 valence electrons. The van der Waals surface area contributed by atoms with Crippen LogP contribution in [-0.2, 0) is 25.6 Å². The second-order valence-corrected chi connectivity index (χ2v) is 16.4. The normalized spacial score (nSPS) is 13.6. The number of nitrogens with one attached hydrogen (secondary N) is 3. The van der Waals surface area contributed by atoms with Gasteiger partial charge in [0.25, 0.3) is 0 Å². The molecule has 0 unspecified atom stereocenters. The Morgan fingerprint density at radius 2 is 1.24 bits per heavy atom.